The van der Waals surface area contributed by atoms with Crippen LogP contribution in [-0.2, 0) is 11.3 Å². The Morgan fingerprint density at radius 2 is 2.14 bits per heavy atom. The van der Waals surface area contributed by atoms with Crippen molar-refractivity contribution < 1.29 is 9.47 Å². The fraction of sp³-hybridized carbons (Fsp3) is 0.500. The van der Waals surface area contributed by atoms with Crippen molar-refractivity contribution in [2.75, 3.05) is 20.3 Å². The van der Waals surface area contributed by atoms with Crippen LogP contribution in [0.15, 0.2) is 12.1 Å². The molecular formula is C10H16N2O2. The average molecular weight is 196 g/mol. The van der Waals surface area contributed by atoms with E-state index in [1.807, 2.05) is 19.1 Å². The minimum absolute atomic E-state index is 0.440. The van der Waals surface area contributed by atoms with E-state index in [1.54, 1.807) is 7.11 Å². The molecule has 0 spiro atoms. The van der Waals surface area contributed by atoms with Gasteiger partial charge in [-0.2, -0.15) is 0 Å². The number of methoxy groups -OCH3 is 1. The van der Waals surface area contributed by atoms with Crippen LogP contribution in [0.4, 0.5) is 0 Å². The number of ether oxygens (including phenoxy) is 2. The van der Waals surface area contributed by atoms with E-state index in [0.29, 0.717) is 25.6 Å². The highest BCUT2D eigenvalue weighted by atomic mass is 16.5. The zero-order valence-corrected chi connectivity index (χ0v) is 8.62. The van der Waals surface area contributed by atoms with Gasteiger partial charge >= 0.3 is 0 Å². The van der Waals surface area contributed by atoms with E-state index < -0.39 is 0 Å². The van der Waals surface area contributed by atoms with Gasteiger partial charge < -0.3 is 15.2 Å². The SMILES string of the molecule is COCCOc1nc(C)ccc1CN. The first kappa shape index (κ1) is 10.9. The van der Waals surface area contributed by atoms with Crippen LogP contribution in [0, 0.1) is 6.92 Å². The number of hydrogen-bond acceptors (Lipinski definition) is 4. The molecule has 0 aliphatic rings. The molecule has 1 heterocycles. The van der Waals surface area contributed by atoms with Gasteiger partial charge in [-0.25, -0.2) is 4.98 Å². The summed E-state index contributed by atoms with van der Waals surface area (Å²) in [6.07, 6.45) is 0. The number of nitrogens with zero attached hydrogens (tertiary/aromatic N) is 1. The fourth-order valence-corrected chi connectivity index (χ4v) is 1.06. The van der Waals surface area contributed by atoms with Crippen LogP contribution in [0.2, 0.25) is 0 Å². The first-order valence-corrected chi connectivity index (χ1v) is 4.56. The summed E-state index contributed by atoms with van der Waals surface area (Å²) in [5, 5.41) is 0. The summed E-state index contributed by atoms with van der Waals surface area (Å²) in [5.41, 5.74) is 7.40. The molecule has 0 fully saturated rings. The lowest BCUT2D eigenvalue weighted by Gasteiger charge is -2.09. The van der Waals surface area contributed by atoms with Crippen LogP contribution < -0.4 is 10.5 Å². The molecule has 0 unspecified atom stereocenters. The molecule has 0 bridgehead atoms. The molecule has 0 saturated heterocycles. The second-order valence-corrected chi connectivity index (χ2v) is 2.96. The van der Waals surface area contributed by atoms with Gasteiger partial charge in [-0.15, -0.1) is 0 Å². The molecule has 78 valence electrons. The Morgan fingerprint density at radius 1 is 1.36 bits per heavy atom. The average Bonchev–Trinajstić information content (AvgIpc) is 2.19. The highest BCUT2D eigenvalue weighted by Gasteiger charge is 2.03. The molecule has 2 N–H and O–H groups in total. The Hall–Kier alpha value is -1.13. The summed E-state index contributed by atoms with van der Waals surface area (Å²) in [4.78, 5) is 4.26. The Morgan fingerprint density at radius 3 is 2.79 bits per heavy atom. The summed E-state index contributed by atoms with van der Waals surface area (Å²) in [7, 11) is 1.64. The number of hydrogen-bond donors (Lipinski definition) is 1. The maximum absolute atomic E-state index is 5.55. The third-order valence-corrected chi connectivity index (χ3v) is 1.82. The molecule has 1 aromatic heterocycles. The minimum atomic E-state index is 0.440. The summed E-state index contributed by atoms with van der Waals surface area (Å²) in [6, 6.07) is 3.86. The molecule has 4 heteroatoms. The largest absolute Gasteiger partial charge is 0.475 e. The molecular weight excluding hydrogens is 180 g/mol. The minimum Gasteiger partial charge on any atom is -0.475 e. The summed E-state index contributed by atoms with van der Waals surface area (Å²) in [6.45, 7) is 3.42. The number of pyridine rings is 1. The molecule has 14 heavy (non-hydrogen) atoms. The lowest BCUT2D eigenvalue weighted by molar-refractivity contribution is 0.143. The smallest absolute Gasteiger partial charge is 0.218 e. The maximum Gasteiger partial charge on any atom is 0.218 e. The lowest BCUT2D eigenvalue weighted by Crippen LogP contribution is -2.09. The van der Waals surface area contributed by atoms with Gasteiger partial charge in [0.25, 0.3) is 0 Å². The van der Waals surface area contributed by atoms with E-state index >= 15 is 0 Å². The van der Waals surface area contributed by atoms with Crippen LogP contribution in [0.5, 0.6) is 5.88 Å². The Labute approximate surface area is 84.0 Å². The molecule has 0 aliphatic carbocycles. The van der Waals surface area contributed by atoms with Gasteiger partial charge in [0.15, 0.2) is 0 Å². The van der Waals surface area contributed by atoms with Crippen molar-refractivity contribution in [3.8, 4) is 5.88 Å². The van der Waals surface area contributed by atoms with Crippen LogP contribution in [-0.4, -0.2) is 25.3 Å². The van der Waals surface area contributed by atoms with Crippen LogP contribution in [0.25, 0.3) is 0 Å². The topological polar surface area (TPSA) is 57.4 Å². The summed E-state index contributed by atoms with van der Waals surface area (Å²) >= 11 is 0. The predicted octanol–water partition coefficient (Wildman–Crippen LogP) is 0.874. The van der Waals surface area contributed by atoms with Gasteiger partial charge in [-0.1, -0.05) is 6.07 Å². The number of aryl methyl sites for hydroxylation is 1. The lowest BCUT2D eigenvalue weighted by atomic mass is 10.2. The third-order valence-electron chi connectivity index (χ3n) is 1.82. The van der Waals surface area contributed by atoms with Crippen molar-refractivity contribution in [2.45, 2.75) is 13.5 Å². The summed E-state index contributed by atoms with van der Waals surface area (Å²) in [5.74, 6) is 0.615. The molecule has 0 atom stereocenters. The molecule has 0 aromatic carbocycles. The fourth-order valence-electron chi connectivity index (χ4n) is 1.06. The highest BCUT2D eigenvalue weighted by molar-refractivity contribution is 5.27. The van der Waals surface area contributed by atoms with Gasteiger partial charge in [0.1, 0.15) is 6.61 Å². The van der Waals surface area contributed by atoms with E-state index in [1.165, 1.54) is 0 Å². The third kappa shape index (κ3) is 2.97. The standard InChI is InChI=1S/C10H16N2O2/c1-8-3-4-9(7-11)10(12-8)14-6-5-13-2/h3-4H,5-7,11H2,1-2H3. The van der Waals surface area contributed by atoms with Gasteiger partial charge in [-0.05, 0) is 13.0 Å². The Bertz CT molecular complexity index is 289. The zero-order chi connectivity index (χ0) is 10.4. The van der Waals surface area contributed by atoms with Crippen molar-refractivity contribution in [1.82, 2.24) is 4.98 Å². The van der Waals surface area contributed by atoms with E-state index in [0.717, 1.165) is 11.3 Å². The van der Waals surface area contributed by atoms with Crippen molar-refractivity contribution >= 4 is 0 Å². The number of rotatable bonds is 5. The highest BCUT2D eigenvalue weighted by Crippen LogP contribution is 2.15. The second kappa shape index (κ2) is 5.57. The van der Waals surface area contributed by atoms with E-state index in [-0.39, 0.29) is 0 Å². The van der Waals surface area contributed by atoms with Crippen molar-refractivity contribution in [3.63, 3.8) is 0 Å². The molecule has 1 rings (SSSR count). The monoisotopic (exact) mass is 196 g/mol. The Kier molecular flexibility index (Phi) is 4.35. The van der Waals surface area contributed by atoms with E-state index in [4.69, 9.17) is 15.2 Å². The first-order valence-electron chi connectivity index (χ1n) is 4.56. The van der Waals surface area contributed by atoms with Crippen molar-refractivity contribution in [2.24, 2.45) is 5.73 Å². The molecule has 0 saturated carbocycles. The van der Waals surface area contributed by atoms with Crippen molar-refractivity contribution in [1.29, 1.82) is 0 Å². The molecule has 0 amide bonds. The summed E-state index contributed by atoms with van der Waals surface area (Å²) < 4.78 is 10.3. The van der Waals surface area contributed by atoms with Gasteiger partial charge in [0.05, 0.1) is 6.61 Å². The van der Waals surface area contributed by atoms with E-state index in [2.05, 4.69) is 4.98 Å². The van der Waals surface area contributed by atoms with Crippen LogP contribution in [0.1, 0.15) is 11.3 Å². The second-order valence-electron chi connectivity index (χ2n) is 2.96. The van der Waals surface area contributed by atoms with Gasteiger partial charge in [0, 0.05) is 24.9 Å². The molecule has 0 aliphatic heterocycles. The van der Waals surface area contributed by atoms with Crippen LogP contribution in [0.3, 0.4) is 0 Å². The first-order chi connectivity index (χ1) is 6.77. The zero-order valence-electron chi connectivity index (χ0n) is 8.62. The van der Waals surface area contributed by atoms with Crippen LogP contribution >= 0.6 is 0 Å². The quantitative estimate of drug-likeness (QED) is 0.710. The van der Waals surface area contributed by atoms with Crippen molar-refractivity contribution in [3.05, 3.63) is 23.4 Å². The number of nitrogens with two attached hydrogens (primary N) is 1. The molecule has 0 radical (unpaired) electrons. The Balaban J connectivity index is 2.67. The normalized spacial score (nSPS) is 10.2. The number of aromatic nitrogens is 1. The van der Waals surface area contributed by atoms with Gasteiger partial charge in [-0.3, -0.25) is 0 Å². The predicted molar refractivity (Wildman–Crippen MR) is 54.2 cm³/mol. The van der Waals surface area contributed by atoms with E-state index in [9.17, 15) is 0 Å². The molecule has 4 nitrogen and oxygen atoms in total. The maximum atomic E-state index is 5.55. The van der Waals surface area contributed by atoms with Gasteiger partial charge in [0.2, 0.25) is 5.88 Å². The molecule has 1 aromatic rings.